The topological polar surface area (TPSA) is 42.4 Å². The molecule has 1 aromatic heterocycles. The molecule has 0 bridgehead atoms. The first-order valence-corrected chi connectivity index (χ1v) is 4.60. The number of rotatable bonds is 2. The Morgan fingerprint density at radius 2 is 2.18 bits per heavy atom. The van der Waals surface area contributed by atoms with Gasteiger partial charge in [-0.15, -0.1) is 0 Å². The van der Waals surface area contributed by atoms with Gasteiger partial charge in [0.15, 0.2) is 11.6 Å². The Morgan fingerprint density at radius 3 is 2.94 bits per heavy atom. The number of hydrogen-bond donors (Lipinski definition) is 1. The molecule has 0 fully saturated rings. The lowest BCUT2D eigenvalue weighted by molar-refractivity contribution is 0.398. The Balaban J connectivity index is 2.46. The Bertz CT molecular complexity index is 647. The minimum absolute atomic E-state index is 0.131. The number of pyridine rings is 1. The summed E-state index contributed by atoms with van der Waals surface area (Å²) >= 11 is 0. The zero-order chi connectivity index (χ0) is 14.9. The second-order valence-electron chi connectivity index (χ2n) is 3.27. The van der Waals surface area contributed by atoms with E-state index in [-0.39, 0.29) is 17.0 Å². The smallest absolute Gasteiger partial charge is 0.213 e. The van der Waals surface area contributed by atoms with Crippen molar-refractivity contribution in [2.45, 2.75) is 0 Å². The largest absolute Gasteiger partial charge is 0.508 e. The molecule has 2 aromatic rings. The Morgan fingerprint density at radius 1 is 1.35 bits per heavy atom. The summed E-state index contributed by atoms with van der Waals surface area (Å²) in [6.07, 6.45) is 1.19. The monoisotopic (exact) mass is 240 g/mol. The van der Waals surface area contributed by atoms with Crippen molar-refractivity contribution in [3.63, 3.8) is 0 Å². The summed E-state index contributed by atoms with van der Waals surface area (Å²) in [6.45, 7) is 0. The van der Waals surface area contributed by atoms with Gasteiger partial charge < -0.3 is 9.84 Å². The number of benzene rings is 1. The van der Waals surface area contributed by atoms with Crippen LogP contribution in [0.15, 0.2) is 30.5 Å². The van der Waals surface area contributed by atoms with Crippen molar-refractivity contribution in [3.8, 4) is 22.8 Å². The van der Waals surface area contributed by atoms with E-state index in [2.05, 4.69) is 9.72 Å². The number of aromatic nitrogens is 1. The average Bonchev–Trinajstić information content (AvgIpc) is 2.32. The highest BCUT2D eigenvalue weighted by atomic mass is 19.2. The maximum absolute atomic E-state index is 13.7. The third-order valence-electron chi connectivity index (χ3n) is 2.16. The van der Waals surface area contributed by atoms with Crippen molar-refractivity contribution < 1.29 is 22.7 Å². The molecule has 3 nitrogen and oxygen atoms in total. The second kappa shape index (κ2) is 4.37. The van der Waals surface area contributed by atoms with E-state index in [0.717, 1.165) is 12.1 Å². The van der Waals surface area contributed by atoms with Crippen LogP contribution in [-0.2, 0) is 0 Å². The highest BCUT2D eigenvalue weighted by Crippen LogP contribution is 2.29. The van der Waals surface area contributed by atoms with E-state index in [0.29, 0.717) is 6.07 Å². The van der Waals surface area contributed by atoms with Crippen LogP contribution in [0.25, 0.3) is 11.1 Å². The molecule has 0 spiro atoms. The minimum atomic E-state index is -2.70. The molecule has 0 aliphatic carbocycles. The first-order chi connectivity index (χ1) is 9.26. The summed E-state index contributed by atoms with van der Waals surface area (Å²) in [5.41, 5.74) is -0.0909. The summed E-state index contributed by atoms with van der Waals surface area (Å²) in [4.78, 5) is 3.66. The number of phenolic OH excluding ortho intramolecular Hbond substituents is 1. The van der Waals surface area contributed by atoms with Crippen LogP contribution in [0, 0.1) is 11.6 Å². The van der Waals surface area contributed by atoms with E-state index in [1.165, 1.54) is 12.3 Å². The van der Waals surface area contributed by atoms with E-state index in [4.69, 9.17) is 4.11 Å². The van der Waals surface area contributed by atoms with Crippen molar-refractivity contribution in [3.05, 3.63) is 42.1 Å². The van der Waals surface area contributed by atoms with Crippen LogP contribution in [0.2, 0.25) is 0 Å². The fourth-order valence-electron chi connectivity index (χ4n) is 1.42. The molecule has 1 heterocycles. The molecule has 0 saturated heterocycles. The number of ether oxygens (including phenoxy) is 1. The lowest BCUT2D eigenvalue weighted by Gasteiger charge is -2.06. The van der Waals surface area contributed by atoms with Gasteiger partial charge in [-0.3, -0.25) is 0 Å². The van der Waals surface area contributed by atoms with Crippen LogP contribution in [0.3, 0.4) is 0 Å². The first kappa shape index (κ1) is 8.00. The quantitative estimate of drug-likeness (QED) is 0.877. The number of phenols is 1. The van der Waals surface area contributed by atoms with E-state index in [9.17, 15) is 13.9 Å². The zero-order valence-electron chi connectivity index (χ0n) is 11.4. The average molecular weight is 240 g/mol. The highest BCUT2D eigenvalue weighted by molar-refractivity contribution is 5.66. The molecule has 0 aliphatic heterocycles. The molecule has 1 N–H and O–H groups in total. The number of methoxy groups -OCH3 is 1. The van der Waals surface area contributed by atoms with Crippen molar-refractivity contribution in [2.24, 2.45) is 0 Å². The molecule has 2 rings (SSSR count). The number of halogens is 2. The molecule has 1 aromatic carbocycles. The van der Waals surface area contributed by atoms with Crippen molar-refractivity contribution in [1.82, 2.24) is 4.98 Å². The normalized spacial score (nSPS) is 13.6. The van der Waals surface area contributed by atoms with Crippen molar-refractivity contribution >= 4 is 0 Å². The van der Waals surface area contributed by atoms with E-state index in [1.807, 2.05) is 0 Å². The summed E-state index contributed by atoms with van der Waals surface area (Å²) in [5, 5.41) is 9.29. The summed E-state index contributed by atoms with van der Waals surface area (Å²) < 4.78 is 52.3. The molecule has 5 heteroatoms. The van der Waals surface area contributed by atoms with Gasteiger partial charge in [0, 0.05) is 23.9 Å². The molecule has 17 heavy (non-hydrogen) atoms. The predicted octanol–water partition coefficient (Wildman–Crippen LogP) is 2.74. The molecule has 0 aliphatic rings. The standard InChI is InChI=1S/C12H9F2NO2/c1-17-11-4-7(2-3-15-11)9-5-8(16)6-10(13)12(9)14/h2-6,16H,1H3/i1D3. The molecule has 0 unspecified atom stereocenters. The molecule has 0 radical (unpaired) electrons. The Labute approximate surface area is 101 Å². The lowest BCUT2D eigenvalue weighted by Crippen LogP contribution is -1.92. The highest BCUT2D eigenvalue weighted by Gasteiger charge is 2.13. The van der Waals surface area contributed by atoms with Crippen LogP contribution < -0.4 is 4.74 Å². The van der Waals surface area contributed by atoms with Gasteiger partial charge in [-0.2, -0.15) is 0 Å². The van der Waals surface area contributed by atoms with Gasteiger partial charge in [0.05, 0.1) is 11.2 Å². The van der Waals surface area contributed by atoms with E-state index in [1.54, 1.807) is 0 Å². The number of hydrogen-bond acceptors (Lipinski definition) is 3. The van der Waals surface area contributed by atoms with Crippen molar-refractivity contribution in [1.29, 1.82) is 0 Å². The molecule has 88 valence electrons. The van der Waals surface area contributed by atoms with Crippen LogP contribution in [0.5, 0.6) is 11.6 Å². The molecule has 0 atom stereocenters. The minimum Gasteiger partial charge on any atom is -0.508 e. The van der Waals surface area contributed by atoms with Gasteiger partial charge in [-0.25, -0.2) is 13.8 Å². The third-order valence-corrected chi connectivity index (χ3v) is 2.16. The zero-order valence-corrected chi connectivity index (χ0v) is 8.45. The fraction of sp³-hybridized carbons (Fsp3) is 0.0833. The van der Waals surface area contributed by atoms with Gasteiger partial charge in [-0.1, -0.05) is 0 Å². The molecular formula is C12H9F2NO2. The maximum Gasteiger partial charge on any atom is 0.213 e. The van der Waals surface area contributed by atoms with Crippen LogP contribution in [-0.4, -0.2) is 17.1 Å². The van der Waals surface area contributed by atoms with Gasteiger partial charge in [-0.05, 0) is 17.7 Å². The molecule has 0 saturated carbocycles. The van der Waals surface area contributed by atoms with Gasteiger partial charge in [0.1, 0.15) is 5.75 Å². The molecular weight excluding hydrogens is 228 g/mol. The summed E-state index contributed by atoms with van der Waals surface area (Å²) in [6, 6.07) is 4.14. The van der Waals surface area contributed by atoms with Crippen LogP contribution in [0.4, 0.5) is 8.78 Å². The number of aromatic hydroxyl groups is 1. The van der Waals surface area contributed by atoms with Crippen LogP contribution in [0.1, 0.15) is 4.11 Å². The Kier molecular flexibility index (Phi) is 2.06. The fourth-order valence-corrected chi connectivity index (χ4v) is 1.42. The summed E-state index contributed by atoms with van der Waals surface area (Å²) in [5.74, 6) is -3.08. The maximum atomic E-state index is 13.7. The molecule has 0 amide bonds. The van der Waals surface area contributed by atoms with Gasteiger partial charge >= 0.3 is 0 Å². The first-order valence-electron chi connectivity index (χ1n) is 6.10. The SMILES string of the molecule is [2H]C([2H])([2H])Oc1cc(-c2cc(O)cc(F)c2F)ccn1. The van der Waals surface area contributed by atoms with E-state index < -0.39 is 24.4 Å². The Hall–Kier alpha value is -2.17. The van der Waals surface area contributed by atoms with Gasteiger partial charge in [0.2, 0.25) is 5.88 Å². The third kappa shape index (κ3) is 2.18. The second-order valence-corrected chi connectivity index (χ2v) is 3.27. The van der Waals surface area contributed by atoms with E-state index >= 15 is 0 Å². The van der Waals surface area contributed by atoms with Crippen LogP contribution >= 0.6 is 0 Å². The summed E-state index contributed by atoms with van der Waals surface area (Å²) in [7, 11) is -2.70. The predicted molar refractivity (Wildman–Crippen MR) is 57.8 cm³/mol. The lowest BCUT2D eigenvalue weighted by atomic mass is 10.1. The number of nitrogens with zero attached hydrogens (tertiary/aromatic N) is 1. The van der Waals surface area contributed by atoms with Crippen molar-refractivity contribution in [2.75, 3.05) is 7.04 Å². The van der Waals surface area contributed by atoms with Gasteiger partial charge in [0.25, 0.3) is 0 Å².